The highest BCUT2D eigenvalue weighted by Crippen LogP contribution is 2.43. The number of ether oxygens (including phenoxy) is 2. The molecular weight excluding hydrogens is 398 g/mol. The molecule has 0 bridgehead atoms. The molecule has 2 aromatic carbocycles. The van der Waals surface area contributed by atoms with Gasteiger partial charge in [-0.1, -0.05) is 45.3 Å². The molecule has 7 nitrogen and oxygen atoms in total. The van der Waals surface area contributed by atoms with Crippen LogP contribution < -0.4 is 14.8 Å². The van der Waals surface area contributed by atoms with E-state index in [0.29, 0.717) is 17.4 Å². The maximum Gasteiger partial charge on any atom is 0.243 e. The minimum absolute atomic E-state index is 0.0695. The largest absolute Gasteiger partial charge is 0.493 e. The third-order valence-electron chi connectivity index (χ3n) is 4.62. The van der Waals surface area contributed by atoms with Crippen molar-refractivity contribution in [1.82, 2.24) is 20.2 Å². The number of nitrogens with one attached hydrogen (secondary N) is 1. The number of para-hydroxylation sites is 1. The van der Waals surface area contributed by atoms with Crippen LogP contribution in [0.2, 0.25) is 0 Å². The van der Waals surface area contributed by atoms with E-state index in [0.717, 1.165) is 16.5 Å². The number of fused-ring (bicyclic) bond motifs is 1. The van der Waals surface area contributed by atoms with E-state index < -0.39 is 0 Å². The number of nitrogens with zero attached hydrogens (tertiary/aromatic N) is 4. The molecule has 134 valence electrons. The van der Waals surface area contributed by atoms with E-state index in [1.165, 1.54) is 5.56 Å². The van der Waals surface area contributed by atoms with Crippen molar-refractivity contribution in [3.8, 4) is 11.5 Å². The van der Waals surface area contributed by atoms with Gasteiger partial charge in [0.05, 0.1) is 26.3 Å². The molecule has 0 spiro atoms. The van der Waals surface area contributed by atoms with E-state index in [9.17, 15) is 0 Å². The maximum atomic E-state index is 5.64. The predicted molar refractivity (Wildman–Crippen MR) is 101 cm³/mol. The highest BCUT2D eigenvalue weighted by atomic mass is 79.9. The quantitative estimate of drug-likeness (QED) is 0.701. The Balaban J connectivity index is 1.78. The van der Waals surface area contributed by atoms with Crippen molar-refractivity contribution in [2.24, 2.45) is 0 Å². The molecule has 8 heteroatoms. The highest BCUT2D eigenvalue weighted by molar-refractivity contribution is 9.10. The molecule has 0 aliphatic carbocycles. The van der Waals surface area contributed by atoms with Gasteiger partial charge < -0.3 is 14.8 Å². The van der Waals surface area contributed by atoms with Gasteiger partial charge in [-0.3, -0.25) is 0 Å². The second kappa shape index (κ2) is 6.95. The first-order valence-corrected chi connectivity index (χ1v) is 9.01. The van der Waals surface area contributed by atoms with Crippen molar-refractivity contribution in [1.29, 1.82) is 0 Å². The van der Waals surface area contributed by atoms with Crippen molar-refractivity contribution in [3.05, 3.63) is 58.1 Å². The molecule has 1 N–H and O–H groups in total. The molecular formula is C18H18BrN5O2. The maximum absolute atomic E-state index is 5.64. The topological polar surface area (TPSA) is 74.1 Å². The van der Waals surface area contributed by atoms with Crippen LogP contribution in [0.1, 0.15) is 29.6 Å². The summed E-state index contributed by atoms with van der Waals surface area (Å²) in [6.07, 6.45) is 0.781. The first kappa shape index (κ1) is 16.8. The molecule has 0 saturated carbocycles. The Labute approximate surface area is 159 Å². The molecule has 2 atom stereocenters. The lowest BCUT2D eigenvalue weighted by molar-refractivity contribution is 0.339. The zero-order valence-electron chi connectivity index (χ0n) is 14.4. The van der Waals surface area contributed by atoms with Crippen molar-refractivity contribution >= 4 is 21.9 Å². The average Bonchev–Trinajstić information content (AvgIpc) is 3.15. The van der Waals surface area contributed by atoms with Gasteiger partial charge in [0.25, 0.3) is 0 Å². The third kappa shape index (κ3) is 2.90. The van der Waals surface area contributed by atoms with Gasteiger partial charge in [-0.05, 0) is 40.6 Å². The summed E-state index contributed by atoms with van der Waals surface area (Å²) in [5.74, 6) is 2.04. The normalized spacial score (nSPS) is 18.7. The lowest BCUT2D eigenvalue weighted by atomic mass is 9.92. The van der Waals surface area contributed by atoms with Gasteiger partial charge in [0, 0.05) is 10.0 Å². The number of methoxy groups -OCH3 is 2. The Kier molecular flexibility index (Phi) is 4.50. The van der Waals surface area contributed by atoms with Gasteiger partial charge >= 0.3 is 0 Å². The fourth-order valence-corrected chi connectivity index (χ4v) is 3.65. The zero-order chi connectivity index (χ0) is 18.1. The van der Waals surface area contributed by atoms with Crippen molar-refractivity contribution in [3.63, 3.8) is 0 Å². The smallest absolute Gasteiger partial charge is 0.243 e. The Morgan fingerprint density at radius 2 is 1.92 bits per heavy atom. The summed E-state index contributed by atoms with van der Waals surface area (Å²) < 4.78 is 13.9. The summed E-state index contributed by atoms with van der Waals surface area (Å²) in [7, 11) is 3.28. The molecule has 0 fully saturated rings. The summed E-state index contributed by atoms with van der Waals surface area (Å²) in [6, 6.07) is 14.2. The minimum Gasteiger partial charge on any atom is -0.493 e. The van der Waals surface area contributed by atoms with Gasteiger partial charge in [0.1, 0.15) is 0 Å². The van der Waals surface area contributed by atoms with Crippen molar-refractivity contribution in [2.45, 2.75) is 18.5 Å². The molecule has 0 saturated heterocycles. The van der Waals surface area contributed by atoms with Crippen LogP contribution in [-0.4, -0.2) is 34.4 Å². The van der Waals surface area contributed by atoms with Gasteiger partial charge in [-0.25, -0.2) is 4.68 Å². The second-order valence-corrected chi connectivity index (χ2v) is 6.95. The summed E-state index contributed by atoms with van der Waals surface area (Å²) in [5.41, 5.74) is 2.17. The van der Waals surface area contributed by atoms with E-state index in [1.807, 2.05) is 30.3 Å². The SMILES string of the molecule is COc1cccc(C2CC(c3ccc(Br)cc3)Nc3nnnn32)c1OC. The molecule has 0 amide bonds. The van der Waals surface area contributed by atoms with Crippen LogP contribution in [-0.2, 0) is 0 Å². The second-order valence-electron chi connectivity index (χ2n) is 6.03. The number of anilines is 1. The first-order chi connectivity index (χ1) is 12.7. The standard InChI is InChI=1S/C18H18BrN5O2/c1-25-16-5-3-4-13(17(16)26-2)15-10-14(11-6-8-12(19)9-7-11)20-18-21-22-23-24(15)18/h3-9,14-15H,10H2,1-2H3,(H,20,21,23). The summed E-state index contributed by atoms with van der Waals surface area (Å²) in [5, 5.41) is 15.6. The number of aromatic nitrogens is 4. The van der Waals surface area contributed by atoms with Crippen LogP contribution >= 0.6 is 15.9 Å². The Morgan fingerprint density at radius 3 is 2.65 bits per heavy atom. The van der Waals surface area contributed by atoms with Crippen LogP contribution in [0.5, 0.6) is 11.5 Å². The van der Waals surface area contributed by atoms with Crippen LogP contribution in [0.15, 0.2) is 46.9 Å². The van der Waals surface area contributed by atoms with E-state index in [2.05, 4.69) is 48.9 Å². The molecule has 1 aromatic heterocycles. The summed E-state index contributed by atoms with van der Waals surface area (Å²) in [6.45, 7) is 0. The Hall–Kier alpha value is -2.61. The average molecular weight is 416 g/mol. The lowest BCUT2D eigenvalue weighted by Gasteiger charge is -2.32. The number of tetrazole rings is 1. The lowest BCUT2D eigenvalue weighted by Crippen LogP contribution is -2.28. The molecule has 2 unspecified atom stereocenters. The van der Waals surface area contributed by atoms with E-state index in [4.69, 9.17) is 9.47 Å². The summed E-state index contributed by atoms with van der Waals surface area (Å²) in [4.78, 5) is 0. The molecule has 4 rings (SSSR count). The fourth-order valence-electron chi connectivity index (χ4n) is 3.38. The predicted octanol–water partition coefficient (Wildman–Crippen LogP) is 3.60. The first-order valence-electron chi connectivity index (χ1n) is 8.22. The number of hydrogen-bond donors (Lipinski definition) is 1. The zero-order valence-corrected chi connectivity index (χ0v) is 16.0. The van der Waals surface area contributed by atoms with Crippen LogP contribution in [0, 0.1) is 0 Å². The molecule has 3 aromatic rings. The van der Waals surface area contributed by atoms with Crippen molar-refractivity contribution in [2.75, 3.05) is 19.5 Å². The van der Waals surface area contributed by atoms with E-state index >= 15 is 0 Å². The molecule has 1 aliphatic heterocycles. The Morgan fingerprint density at radius 1 is 1.12 bits per heavy atom. The molecule has 26 heavy (non-hydrogen) atoms. The number of halogens is 1. The van der Waals surface area contributed by atoms with E-state index in [1.54, 1.807) is 18.9 Å². The van der Waals surface area contributed by atoms with Gasteiger partial charge in [0.2, 0.25) is 5.95 Å². The third-order valence-corrected chi connectivity index (χ3v) is 5.14. The Bertz CT molecular complexity index is 912. The van der Waals surface area contributed by atoms with Gasteiger partial charge in [0.15, 0.2) is 11.5 Å². The molecule has 0 radical (unpaired) electrons. The number of benzene rings is 2. The fraction of sp³-hybridized carbons (Fsp3) is 0.278. The van der Waals surface area contributed by atoms with E-state index in [-0.39, 0.29) is 12.1 Å². The highest BCUT2D eigenvalue weighted by Gasteiger charge is 2.33. The number of hydrogen-bond acceptors (Lipinski definition) is 6. The summed E-state index contributed by atoms with van der Waals surface area (Å²) >= 11 is 3.49. The minimum atomic E-state index is -0.0695. The van der Waals surface area contributed by atoms with Crippen molar-refractivity contribution < 1.29 is 9.47 Å². The monoisotopic (exact) mass is 415 g/mol. The molecule has 1 aliphatic rings. The number of rotatable bonds is 4. The van der Waals surface area contributed by atoms with Crippen LogP contribution in [0.4, 0.5) is 5.95 Å². The van der Waals surface area contributed by atoms with Gasteiger partial charge in [-0.15, -0.1) is 0 Å². The van der Waals surface area contributed by atoms with Crippen LogP contribution in [0.3, 0.4) is 0 Å². The molecule has 2 heterocycles. The van der Waals surface area contributed by atoms with Gasteiger partial charge in [-0.2, -0.15) is 0 Å². The van der Waals surface area contributed by atoms with Crippen LogP contribution in [0.25, 0.3) is 0 Å².